The quantitative estimate of drug-likeness (QED) is 0.568. The average Bonchev–Trinajstić information content (AvgIpc) is 2.40. The first-order chi connectivity index (χ1) is 9.19. The van der Waals surface area contributed by atoms with E-state index in [4.69, 9.17) is 9.47 Å². The fraction of sp³-hybridized carbons (Fsp3) is 0.923. The Labute approximate surface area is 116 Å². The Hall–Kier alpha value is -0.460. The highest BCUT2D eigenvalue weighted by atomic mass is 32.2. The second-order valence-electron chi connectivity index (χ2n) is 5.44. The first-order valence-electron chi connectivity index (χ1n) is 7.01. The minimum absolute atomic E-state index is 0.0123. The molecule has 5 nitrogen and oxygen atoms in total. The molecule has 0 heterocycles. The molecule has 2 aliphatic rings. The molecule has 0 amide bonds. The van der Waals surface area contributed by atoms with Crippen molar-refractivity contribution in [3.63, 3.8) is 0 Å². The van der Waals surface area contributed by atoms with E-state index < -0.39 is 11.1 Å². The number of hydrogen-bond donors (Lipinski definition) is 0. The van der Waals surface area contributed by atoms with Gasteiger partial charge in [0.2, 0.25) is 0 Å². The van der Waals surface area contributed by atoms with Gasteiger partial charge in [0.25, 0.3) is 6.47 Å². The van der Waals surface area contributed by atoms with Crippen LogP contribution >= 0.6 is 0 Å². The largest absolute Gasteiger partial charge is 0.772 e. The predicted molar refractivity (Wildman–Crippen MR) is 69.2 cm³/mol. The van der Waals surface area contributed by atoms with E-state index in [0.29, 0.717) is 19.3 Å². The molecule has 110 valence electrons. The smallest absolute Gasteiger partial charge is 0.293 e. The van der Waals surface area contributed by atoms with Crippen LogP contribution in [0.15, 0.2) is 0 Å². The van der Waals surface area contributed by atoms with Crippen molar-refractivity contribution in [2.45, 2.75) is 74.9 Å². The van der Waals surface area contributed by atoms with E-state index in [2.05, 4.69) is 0 Å². The molecule has 0 aromatic heterocycles. The van der Waals surface area contributed by atoms with Crippen molar-refractivity contribution in [2.75, 3.05) is 0 Å². The van der Waals surface area contributed by atoms with Crippen LogP contribution in [0.2, 0.25) is 0 Å². The van der Waals surface area contributed by atoms with Gasteiger partial charge in [-0.1, -0.05) is 11.1 Å². The summed E-state index contributed by atoms with van der Waals surface area (Å²) in [7, 11) is 0. The van der Waals surface area contributed by atoms with Crippen LogP contribution in [-0.4, -0.2) is 38.8 Å². The molecule has 0 spiro atoms. The molecule has 2 saturated carbocycles. The molecule has 0 saturated heterocycles. The molecular formula is C13H21O5S-. The van der Waals surface area contributed by atoms with E-state index in [1.807, 2.05) is 0 Å². The summed E-state index contributed by atoms with van der Waals surface area (Å²) in [5.41, 5.74) is 0. The van der Waals surface area contributed by atoms with Gasteiger partial charge in [-0.05, 0) is 44.9 Å². The molecule has 0 aliphatic heterocycles. The second-order valence-corrected chi connectivity index (χ2v) is 6.63. The molecule has 0 bridgehead atoms. The second kappa shape index (κ2) is 7.36. The fourth-order valence-electron chi connectivity index (χ4n) is 3.06. The third-order valence-corrected chi connectivity index (χ3v) is 5.12. The summed E-state index contributed by atoms with van der Waals surface area (Å²) in [6.07, 6.45) is 7.04. The number of rotatable bonds is 5. The molecule has 2 aliphatic carbocycles. The molecule has 0 aromatic rings. The van der Waals surface area contributed by atoms with Crippen LogP contribution in [0.4, 0.5) is 0 Å². The van der Waals surface area contributed by atoms with Crippen LogP contribution in [0.3, 0.4) is 0 Å². The van der Waals surface area contributed by atoms with Gasteiger partial charge in [-0.3, -0.25) is 9.00 Å². The first kappa shape index (κ1) is 14.9. The summed E-state index contributed by atoms with van der Waals surface area (Å²) in [5.74, 6) is 0. The van der Waals surface area contributed by atoms with Crippen LogP contribution in [0.25, 0.3) is 0 Å². The topological polar surface area (TPSA) is 75.7 Å². The van der Waals surface area contributed by atoms with Crippen LogP contribution in [0.1, 0.15) is 51.4 Å². The van der Waals surface area contributed by atoms with Crippen LogP contribution < -0.4 is 0 Å². The molecule has 0 N–H and O–H groups in total. The number of hydrogen-bond acceptors (Lipinski definition) is 5. The molecule has 19 heavy (non-hydrogen) atoms. The number of carbonyl (C=O) groups excluding carboxylic acids is 1. The first-order valence-corrected chi connectivity index (χ1v) is 8.15. The highest BCUT2D eigenvalue weighted by Gasteiger charge is 2.28. The summed E-state index contributed by atoms with van der Waals surface area (Å²) in [6, 6.07) is 0. The maximum atomic E-state index is 10.9. The van der Waals surface area contributed by atoms with Gasteiger partial charge in [0.05, 0.1) is 12.2 Å². The third kappa shape index (κ3) is 4.54. The number of ether oxygens (including phenoxy) is 2. The summed E-state index contributed by atoms with van der Waals surface area (Å²) >= 11 is -1.95. The molecule has 0 radical (unpaired) electrons. The lowest BCUT2D eigenvalue weighted by Crippen LogP contribution is -2.34. The highest BCUT2D eigenvalue weighted by molar-refractivity contribution is 7.79. The Morgan fingerprint density at radius 3 is 2.32 bits per heavy atom. The third-order valence-electron chi connectivity index (χ3n) is 4.10. The lowest BCUT2D eigenvalue weighted by atomic mass is 9.93. The van der Waals surface area contributed by atoms with Crippen molar-refractivity contribution >= 4 is 17.6 Å². The normalized spacial score (nSPS) is 37.5. The van der Waals surface area contributed by atoms with Crippen molar-refractivity contribution in [1.82, 2.24) is 0 Å². The molecule has 2 rings (SSSR count). The van der Waals surface area contributed by atoms with Gasteiger partial charge in [0, 0.05) is 11.7 Å². The average molecular weight is 289 g/mol. The van der Waals surface area contributed by atoms with E-state index >= 15 is 0 Å². The Morgan fingerprint density at radius 1 is 1.00 bits per heavy atom. The van der Waals surface area contributed by atoms with E-state index in [-0.39, 0.29) is 23.6 Å². The van der Waals surface area contributed by atoms with Gasteiger partial charge in [-0.25, -0.2) is 0 Å². The van der Waals surface area contributed by atoms with Gasteiger partial charge in [0.15, 0.2) is 0 Å². The van der Waals surface area contributed by atoms with Crippen LogP contribution in [-0.2, 0) is 25.3 Å². The summed E-state index contributed by atoms with van der Waals surface area (Å²) < 4.78 is 32.8. The van der Waals surface area contributed by atoms with E-state index in [1.165, 1.54) is 0 Å². The Balaban J connectivity index is 1.73. The fourth-order valence-corrected chi connectivity index (χ4v) is 3.72. The predicted octanol–water partition coefficient (Wildman–Crippen LogP) is 1.68. The zero-order valence-electron chi connectivity index (χ0n) is 11.0. The Bertz CT molecular complexity index is 314. The maximum absolute atomic E-state index is 10.9. The Kier molecular flexibility index (Phi) is 5.78. The van der Waals surface area contributed by atoms with Crippen LogP contribution in [0, 0.1) is 0 Å². The molecule has 2 fully saturated rings. The van der Waals surface area contributed by atoms with Gasteiger partial charge >= 0.3 is 0 Å². The molecule has 3 unspecified atom stereocenters. The number of carbonyl (C=O) groups is 1. The van der Waals surface area contributed by atoms with Crippen molar-refractivity contribution in [3.8, 4) is 0 Å². The zero-order chi connectivity index (χ0) is 13.7. The van der Waals surface area contributed by atoms with Gasteiger partial charge in [-0.2, -0.15) is 0 Å². The Morgan fingerprint density at radius 2 is 1.68 bits per heavy atom. The van der Waals surface area contributed by atoms with E-state index in [0.717, 1.165) is 38.5 Å². The highest BCUT2D eigenvalue weighted by Crippen LogP contribution is 2.29. The molecule has 0 aromatic carbocycles. The summed E-state index contributed by atoms with van der Waals surface area (Å²) in [5, 5.41) is -0.197. The van der Waals surface area contributed by atoms with Crippen LogP contribution in [0.5, 0.6) is 0 Å². The van der Waals surface area contributed by atoms with Gasteiger partial charge in [-0.15, -0.1) is 0 Å². The van der Waals surface area contributed by atoms with Gasteiger partial charge < -0.3 is 14.0 Å². The van der Waals surface area contributed by atoms with Crippen molar-refractivity contribution in [1.29, 1.82) is 0 Å². The SMILES string of the molecule is O=COC1CCCC(OC2CCC(S(=O)[O-])CC2)C1. The van der Waals surface area contributed by atoms with E-state index in [9.17, 15) is 13.6 Å². The minimum atomic E-state index is -1.95. The van der Waals surface area contributed by atoms with Crippen molar-refractivity contribution in [3.05, 3.63) is 0 Å². The molecule has 3 atom stereocenters. The standard InChI is InChI=1S/C13H22O5S/c14-9-17-11-2-1-3-12(8-11)18-10-4-6-13(7-5-10)19(15)16/h9-13H,1-8H2,(H,15,16)/p-1. The zero-order valence-corrected chi connectivity index (χ0v) is 11.8. The minimum Gasteiger partial charge on any atom is -0.772 e. The van der Waals surface area contributed by atoms with E-state index in [1.54, 1.807) is 0 Å². The molecule has 6 heteroatoms. The van der Waals surface area contributed by atoms with Crippen molar-refractivity contribution in [2.24, 2.45) is 0 Å². The summed E-state index contributed by atoms with van der Waals surface area (Å²) in [6.45, 7) is 0.516. The summed E-state index contributed by atoms with van der Waals surface area (Å²) in [4.78, 5) is 10.3. The maximum Gasteiger partial charge on any atom is 0.293 e. The molecular weight excluding hydrogens is 268 g/mol. The van der Waals surface area contributed by atoms with Crippen molar-refractivity contribution < 1.29 is 23.0 Å². The lowest BCUT2D eigenvalue weighted by Gasteiger charge is -2.35. The lowest BCUT2D eigenvalue weighted by molar-refractivity contribution is -0.139. The monoisotopic (exact) mass is 289 g/mol. The van der Waals surface area contributed by atoms with Gasteiger partial charge in [0.1, 0.15) is 6.10 Å².